The predicted octanol–water partition coefficient (Wildman–Crippen LogP) is 3.70. The molecule has 2 rings (SSSR count). The van der Waals surface area contributed by atoms with Crippen molar-refractivity contribution in [2.24, 2.45) is 0 Å². The van der Waals surface area contributed by atoms with Gasteiger partial charge in [0.25, 0.3) is 0 Å². The first kappa shape index (κ1) is 13.9. The molecule has 0 amide bonds. The van der Waals surface area contributed by atoms with Crippen molar-refractivity contribution in [3.63, 3.8) is 0 Å². The lowest BCUT2D eigenvalue weighted by Crippen LogP contribution is -2.10. The maximum atomic E-state index is 11.2. The van der Waals surface area contributed by atoms with Gasteiger partial charge >= 0.3 is 5.97 Å². The quantitative estimate of drug-likeness (QED) is 0.829. The first-order valence-corrected chi connectivity index (χ1v) is 6.15. The van der Waals surface area contributed by atoms with E-state index in [1.54, 1.807) is 0 Å². The van der Waals surface area contributed by atoms with Crippen molar-refractivity contribution in [1.82, 2.24) is 4.98 Å². The first-order chi connectivity index (χ1) is 8.91. The molecule has 0 saturated heterocycles. The number of hydrogen-bond acceptors (Lipinski definition) is 2. The van der Waals surface area contributed by atoms with Crippen LogP contribution in [-0.4, -0.2) is 16.1 Å². The number of nitrogens with one attached hydrogen (secondary N) is 1. The Bertz CT molecular complexity index is 725. The van der Waals surface area contributed by atoms with Gasteiger partial charge in [-0.2, -0.15) is 0 Å². The molecular formula is C12H6Cl3NO3. The Morgan fingerprint density at radius 2 is 1.79 bits per heavy atom. The van der Waals surface area contributed by atoms with Crippen LogP contribution in [0.15, 0.2) is 29.2 Å². The molecule has 0 bridgehead atoms. The van der Waals surface area contributed by atoms with Crippen LogP contribution in [0.25, 0.3) is 11.1 Å². The molecule has 0 fully saturated rings. The molecule has 1 aromatic carbocycles. The van der Waals surface area contributed by atoms with E-state index in [0.717, 1.165) is 6.07 Å². The van der Waals surface area contributed by atoms with E-state index >= 15 is 0 Å². The number of pyridine rings is 1. The van der Waals surface area contributed by atoms with Gasteiger partial charge in [-0.05, 0) is 6.07 Å². The van der Waals surface area contributed by atoms with Gasteiger partial charge in [-0.3, -0.25) is 4.79 Å². The van der Waals surface area contributed by atoms with Crippen molar-refractivity contribution >= 4 is 40.8 Å². The molecule has 0 aliphatic heterocycles. The SMILES string of the molecule is O=C(O)c1cc(=O)[nH]cc1-c1ccc(Cl)c(Cl)c1Cl. The summed E-state index contributed by atoms with van der Waals surface area (Å²) in [6.07, 6.45) is 1.28. The minimum Gasteiger partial charge on any atom is -0.478 e. The fourth-order valence-corrected chi connectivity index (χ4v) is 2.24. The van der Waals surface area contributed by atoms with Crippen molar-refractivity contribution in [2.75, 3.05) is 0 Å². The summed E-state index contributed by atoms with van der Waals surface area (Å²) in [6, 6.07) is 4.02. The lowest BCUT2D eigenvalue weighted by Gasteiger charge is -2.09. The van der Waals surface area contributed by atoms with Gasteiger partial charge in [0, 0.05) is 23.4 Å². The van der Waals surface area contributed by atoms with Crippen LogP contribution in [0.3, 0.4) is 0 Å². The second-order valence-corrected chi connectivity index (χ2v) is 4.82. The summed E-state index contributed by atoms with van der Waals surface area (Å²) in [5.41, 5.74) is -0.0400. The van der Waals surface area contributed by atoms with Gasteiger partial charge in [0.1, 0.15) is 0 Å². The summed E-state index contributed by atoms with van der Waals surface area (Å²) in [5, 5.41) is 9.63. The molecule has 0 aliphatic rings. The molecule has 19 heavy (non-hydrogen) atoms. The third kappa shape index (κ3) is 2.61. The van der Waals surface area contributed by atoms with Gasteiger partial charge in [0.2, 0.25) is 5.56 Å². The molecule has 0 atom stereocenters. The van der Waals surface area contributed by atoms with Crippen LogP contribution in [0.2, 0.25) is 15.1 Å². The van der Waals surface area contributed by atoms with Gasteiger partial charge in [0.05, 0.1) is 20.6 Å². The van der Waals surface area contributed by atoms with Gasteiger partial charge in [-0.1, -0.05) is 40.9 Å². The third-order valence-electron chi connectivity index (χ3n) is 2.48. The zero-order valence-electron chi connectivity index (χ0n) is 9.21. The Morgan fingerprint density at radius 1 is 1.11 bits per heavy atom. The van der Waals surface area contributed by atoms with Crippen molar-refractivity contribution < 1.29 is 9.90 Å². The first-order valence-electron chi connectivity index (χ1n) is 5.01. The highest BCUT2D eigenvalue weighted by atomic mass is 35.5. The second kappa shape index (κ2) is 5.25. The molecule has 0 radical (unpaired) electrons. The normalized spacial score (nSPS) is 10.5. The van der Waals surface area contributed by atoms with E-state index < -0.39 is 11.5 Å². The summed E-state index contributed by atoms with van der Waals surface area (Å²) in [5.74, 6) is -1.23. The average Bonchev–Trinajstić information content (AvgIpc) is 2.37. The lowest BCUT2D eigenvalue weighted by atomic mass is 10.0. The lowest BCUT2D eigenvalue weighted by molar-refractivity contribution is 0.0697. The number of aromatic carboxylic acids is 1. The van der Waals surface area contributed by atoms with E-state index in [2.05, 4.69) is 4.98 Å². The number of carbonyl (C=O) groups is 1. The summed E-state index contributed by atoms with van der Waals surface area (Å²) in [7, 11) is 0. The van der Waals surface area contributed by atoms with Crippen molar-refractivity contribution in [3.8, 4) is 11.1 Å². The predicted molar refractivity (Wildman–Crippen MR) is 74.5 cm³/mol. The zero-order valence-corrected chi connectivity index (χ0v) is 11.5. The van der Waals surface area contributed by atoms with Crippen LogP contribution < -0.4 is 5.56 Å². The van der Waals surface area contributed by atoms with Crippen LogP contribution in [-0.2, 0) is 0 Å². The van der Waals surface area contributed by atoms with E-state index in [9.17, 15) is 9.59 Å². The summed E-state index contributed by atoms with van der Waals surface area (Å²) >= 11 is 17.8. The van der Waals surface area contributed by atoms with Crippen LogP contribution in [0, 0.1) is 0 Å². The standard InChI is InChI=1S/C12H6Cl3NO3/c13-8-2-1-5(10(14)11(8)15)7-4-16-9(17)3-6(7)12(18)19/h1-4H,(H,16,17)(H,18,19). The van der Waals surface area contributed by atoms with Crippen LogP contribution in [0.4, 0.5) is 0 Å². The van der Waals surface area contributed by atoms with E-state index in [1.165, 1.54) is 18.3 Å². The fraction of sp³-hybridized carbons (Fsp3) is 0. The average molecular weight is 319 g/mol. The van der Waals surface area contributed by atoms with E-state index in [0.29, 0.717) is 5.56 Å². The molecule has 0 aliphatic carbocycles. The van der Waals surface area contributed by atoms with E-state index in [-0.39, 0.29) is 26.2 Å². The van der Waals surface area contributed by atoms with Gasteiger partial charge < -0.3 is 10.1 Å². The maximum absolute atomic E-state index is 11.2. The topological polar surface area (TPSA) is 70.2 Å². The maximum Gasteiger partial charge on any atom is 0.336 e. The fourth-order valence-electron chi connectivity index (χ4n) is 1.61. The number of rotatable bonds is 2. The monoisotopic (exact) mass is 317 g/mol. The minimum atomic E-state index is -1.23. The van der Waals surface area contributed by atoms with Crippen molar-refractivity contribution in [2.45, 2.75) is 0 Å². The molecule has 2 N–H and O–H groups in total. The molecule has 0 saturated carbocycles. The number of benzene rings is 1. The number of carboxylic acids is 1. The van der Waals surface area contributed by atoms with Crippen LogP contribution >= 0.6 is 34.8 Å². The molecular weight excluding hydrogens is 312 g/mol. The molecule has 4 nitrogen and oxygen atoms in total. The number of aromatic amines is 1. The summed E-state index contributed by atoms with van der Waals surface area (Å²) in [4.78, 5) is 24.7. The van der Waals surface area contributed by atoms with Crippen LogP contribution in [0.5, 0.6) is 0 Å². The summed E-state index contributed by atoms with van der Waals surface area (Å²) in [6.45, 7) is 0. The summed E-state index contributed by atoms with van der Waals surface area (Å²) < 4.78 is 0. The molecule has 1 heterocycles. The van der Waals surface area contributed by atoms with E-state index in [1.807, 2.05) is 0 Å². The largest absolute Gasteiger partial charge is 0.478 e. The van der Waals surface area contributed by atoms with E-state index in [4.69, 9.17) is 39.9 Å². The Balaban J connectivity index is 2.76. The third-order valence-corrected chi connectivity index (χ3v) is 3.77. The van der Waals surface area contributed by atoms with Crippen molar-refractivity contribution in [3.05, 3.63) is 55.4 Å². The van der Waals surface area contributed by atoms with Crippen molar-refractivity contribution in [1.29, 1.82) is 0 Å². The number of hydrogen-bond donors (Lipinski definition) is 2. The minimum absolute atomic E-state index is 0.128. The highest BCUT2D eigenvalue weighted by Crippen LogP contribution is 2.38. The van der Waals surface area contributed by atoms with Gasteiger partial charge in [0.15, 0.2) is 0 Å². The number of carboxylic acid groups (broad SMARTS) is 1. The second-order valence-electron chi connectivity index (χ2n) is 3.65. The molecule has 2 aromatic rings. The molecule has 98 valence electrons. The zero-order chi connectivity index (χ0) is 14.2. The van der Waals surface area contributed by atoms with Gasteiger partial charge in [-0.25, -0.2) is 4.79 Å². The molecule has 0 spiro atoms. The molecule has 0 unspecified atom stereocenters. The van der Waals surface area contributed by atoms with Crippen LogP contribution in [0.1, 0.15) is 10.4 Å². The number of aromatic nitrogens is 1. The number of H-pyrrole nitrogens is 1. The molecule has 7 heteroatoms. The number of halogens is 3. The Hall–Kier alpha value is -1.49. The smallest absolute Gasteiger partial charge is 0.336 e. The Morgan fingerprint density at radius 3 is 2.42 bits per heavy atom. The molecule has 1 aromatic heterocycles. The Kier molecular flexibility index (Phi) is 3.85. The highest BCUT2D eigenvalue weighted by Gasteiger charge is 2.17. The highest BCUT2D eigenvalue weighted by molar-refractivity contribution is 6.49. The Labute approximate surface area is 122 Å². The van der Waals surface area contributed by atoms with Gasteiger partial charge in [-0.15, -0.1) is 0 Å².